The summed E-state index contributed by atoms with van der Waals surface area (Å²) in [5.41, 5.74) is 2.23. The van der Waals surface area contributed by atoms with E-state index in [-0.39, 0.29) is 24.5 Å². The highest BCUT2D eigenvalue weighted by molar-refractivity contribution is 7.83. The van der Waals surface area contributed by atoms with E-state index in [0.717, 1.165) is 74.9 Å². The Morgan fingerprint density at radius 2 is 1.90 bits per heavy atom. The molecule has 1 saturated heterocycles. The van der Waals surface area contributed by atoms with Crippen LogP contribution in [0.15, 0.2) is 53.4 Å². The van der Waals surface area contributed by atoms with Crippen molar-refractivity contribution in [3.05, 3.63) is 64.7 Å². The van der Waals surface area contributed by atoms with E-state index in [0.29, 0.717) is 18.1 Å². The van der Waals surface area contributed by atoms with Gasteiger partial charge in [0, 0.05) is 30.6 Å². The molecule has 0 saturated carbocycles. The van der Waals surface area contributed by atoms with Crippen molar-refractivity contribution >= 4 is 34.2 Å². The molecule has 1 N–H and O–H groups in total. The molecule has 3 aliphatic rings. The molecule has 0 aromatic heterocycles. The summed E-state index contributed by atoms with van der Waals surface area (Å²) in [7, 11) is -1.77. The summed E-state index contributed by atoms with van der Waals surface area (Å²) in [4.78, 5) is 18.5. The van der Waals surface area contributed by atoms with Crippen molar-refractivity contribution in [3.63, 3.8) is 0 Å². The Morgan fingerprint density at radius 1 is 1.10 bits per heavy atom. The van der Waals surface area contributed by atoms with Gasteiger partial charge in [0.05, 0.1) is 36.5 Å². The fraction of sp³-hybridized carbons (Fsp3) is 0.605. The van der Waals surface area contributed by atoms with Crippen LogP contribution in [-0.4, -0.2) is 79.3 Å². The lowest BCUT2D eigenvalue weighted by atomic mass is 9.91. The van der Waals surface area contributed by atoms with Crippen LogP contribution in [0.2, 0.25) is 5.02 Å². The number of anilines is 1. The Balaban J connectivity index is 0.00000255. The van der Waals surface area contributed by atoms with E-state index < -0.39 is 22.5 Å². The molecule has 10 heteroatoms. The van der Waals surface area contributed by atoms with Crippen LogP contribution in [0, 0.1) is 5.92 Å². The third-order valence-electron chi connectivity index (χ3n) is 9.45. The summed E-state index contributed by atoms with van der Waals surface area (Å²) < 4.78 is 35.1. The SMILES string of the molecule is CC.CCCc1cc(Cl)ccc1C1COc2ccc3cc2N(CCC(CC)C(OCCN2CCC2)/C=C/COC(C)(C)C(=O)NS3=O)C1. The van der Waals surface area contributed by atoms with E-state index in [2.05, 4.69) is 46.6 Å². The lowest BCUT2D eigenvalue weighted by Crippen LogP contribution is -2.45. The lowest BCUT2D eigenvalue weighted by Gasteiger charge is -2.33. The Hall–Kier alpha value is -2.43. The molecule has 4 unspecified atom stereocenters. The number of likely N-dealkylation sites (tertiary alicyclic amines) is 1. The maximum Gasteiger partial charge on any atom is 0.263 e. The Morgan fingerprint density at radius 3 is 2.60 bits per heavy atom. The second kappa shape index (κ2) is 18.5. The molecule has 2 aromatic rings. The number of rotatable bonds is 8. The summed E-state index contributed by atoms with van der Waals surface area (Å²) in [6.07, 6.45) is 9.07. The fourth-order valence-corrected chi connectivity index (χ4v) is 7.56. The number of fused-ring (bicyclic) bond motifs is 1. The number of halogens is 1. The topological polar surface area (TPSA) is 80.3 Å². The molecule has 266 valence electrons. The van der Waals surface area contributed by atoms with E-state index >= 15 is 0 Å². The first-order chi connectivity index (χ1) is 23.2. The standard InChI is InChI=1S/C36H50ClN3O5S.C2H6/c1-5-9-27-22-29(37)11-13-31(27)28-24-40-18-15-26(6-2)33(43-21-19-39-16-8-17-39)10-7-20-45-36(3,4)35(41)38-46(42)30-12-14-34(44-25-28)32(40)23-30;1-2/h7,10-14,22-23,26,28,33H,5-6,8-9,15-21,24-25H2,1-4H3,(H,38,41);1-2H3/b10-7+;. The van der Waals surface area contributed by atoms with Crippen molar-refractivity contribution < 1.29 is 23.2 Å². The highest BCUT2D eigenvalue weighted by atomic mass is 35.5. The molecule has 0 aliphatic carbocycles. The van der Waals surface area contributed by atoms with Crippen LogP contribution in [0.1, 0.15) is 84.3 Å². The monoisotopic (exact) mass is 701 g/mol. The number of amides is 1. The molecular formula is C38H56ClN3O5S. The van der Waals surface area contributed by atoms with Crippen molar-refractivity contribution in [2.75, 3.05) is 57.4 Å². The molecule has 1 amide bonds. The summed E-state index contributed by atoms with van der Waals surface area (Å²) in [5, 5.41) is 0.747. The lowest BCUT2D eigenvalue weighted by molar-refractivity contribution is -0.139. The van der Waals surface area contributed by atoms with Gasteiger partial charge in [-0.3, -0.25) is 9.52 Å². The van der Waals surface area contributed by atoms with Gasteiger partial charge in [-0.2, -0.15) is 0 Å². The third-order valence-corrected chi connectivity index (χ3v) is 10.7. The number of hydrogen-bond acceptors (Lipinski definition) is 7. The van der Waals surface area contributed by atoms with Crippen LogP contribution in [0.3, 0.4) is 0 Å². The maximum absolute atomic E-state index is 13.4. The molecule has 48 heavy (non-hydrogen) atoms. The number of nitrogens with zero attached hydrogens (tertiary/aromatic N) is 2. The smallest absolute Gasteiger partial charge is 0.263 e. The summed E-state index contributed by atoms with van der Waals surface area (Å²) >= 11 is 6.43. The van der Waals surface area contributed by atoms with Gasteiger partial charge in [-0.1, -0.05) is 70.4 Å². The number of benzene rings is 2. The minimum Gasteiger partial charge on any atom is -0.491 e. The van der Waals surface area contributed by atoms with Gasteiger partial charge in [-0.15, -0.1) is 0 Å². The fourth-order valence-electron chi connectivity index (χ4n) is 6.42. The predicted octanol–water partition coefficient (Wildman–Crippen LogP) is 7.31. The number of hydrogen-bond donors (Lipinski definition) is 1. The summed E-state index contributed by atoms with van der Waals surface area (Å²) in [5.74, 6) is 0.702. The zero-order chi connectivity index (χ0) is 34.7. The summed E-state index contributed by atoms with van der Waals surface area (Å²) in [6, 6.07) is 11.8. The highest BCUT2D eigenvalue weighted by Gasteiger charge is 2.32. The zero-order valence-electron chi connectivity index (χ0n) is 29.8. The molecule has 3 aliphatic heterocycles. The number of ether oxygens (including phenoxy) is 3. The minimum atomic E-state index is -1.77. The Kier molecular flexibility index (Phi) is 14.8. The van der Waals surface area contributed by atoms with Crippen LogP contribution in [0.25, 0.3) is 0 Å². The first kappa shape index (κ1) is 38.4. The average molecular weight is 702 g/mol. The molecular weight excluding hydrogens is 646 g/mol. The zero-order valence-corrected chi connectivity index (χ0v) is 31.3. The molecule has 0 spiro atoms. The summed E-state index contributed by atoms with van der Waals surface area (Å²) in [6.45, 7) is 18.0. The van der Waals surface area contributed by atoms with Crippen LogP contribution >= 0.6 is 11.6 Å². The maximum atomic E-state index is 13.4. The van der Waals surface area contributed by atoms with Crippen LogP contribution in [-0.2, 0) is 31.7 Å². The average Bonchev–Trinajstić information content (AvgIpc) is 3.23. The predicted molar refractivity (Wildman–Crippen MR) is 197 cm³/mol. The van der Waals surface area contributed by atoms with Gasteiger partial charge in [0.25, 0.3) is 5.91 Å². The second-order valence-corrected chi connectivity index (χ2v) is 14.8. The van der Waals surface area contributed by atoms with Crippen LogP contribution < -0.4 is 14.4 Å². The van der Waals surface area contributed by atoms with Gasteiger partial charge in [-0.25, -0.2) is 4.21 Å². The van der Waals surface area contributed by atoms with Crippen LogP contribution in [0.4, 0.5) is 5.69 Å². The van der Waals surface area contributed by atoms with E-state index in [4.69, 9.17) is 25.8 Å². The third kappa shape index (κ3) is 10.1. The van der Waals surface area contributed by atoms with Gasteiger partial charge in [0.1, 0.15) is 11.4 Å². The molecule has 3 heterocycles. The van der Waals surface area contributed by atoms with Crippen molar-refractivity contribution in [1.29, 1.82) is 0 Å². The highest BCUT2D eigenvalue weighted by Crippen LogP contribution is 2.38. The van der Waals surface area contributed by atoms with Gasteiger partial charge in [0.2, 0.25) is 0 Å². The van der Waals surface area contributed by atoms with Crippen molar-refractivity contribution in [2.45, 2.75) is 96.2 Å². The number of carbonyl (C=O) groups excluding carboxylic acids is 1. The first-order valence-electron chi connectivity index (χ1n) is 17.9. The molecule has 5 rings (SSSR count). The van der Waals surface area contributed by atoms with Gasteiger partial charge in [-0.05, 0) is 93.6 Å². The van der Waals surface area contributed by atoms with E-state index in [9.17, 15) is 9.00 Å². The van der Waals surface area contributed by atoms with Crippen molar-refractivity contribution in [3.8, 4) is 5.75 Å². The van der Waals surface area contributed by atoms with Gasteiger partial charge in [0.15, 0.2) is 11.0 Å². The van der Waals surface area contributed by atoms with E-state index in [1.54, 1.807) is 19.9 Å². The molecule has 2 bridgehead atoms. The Bertz CT molecular complexity index is 1400. The van der Waals surface area contributed by atoms with E-state index in [1.807, 2.05) is 38.1 Å². The first-order valence-corrected chi connectivity index (χ1v) is 19.4. The van der Waals surface area contributed by atoms with Gasteiger partial charge < -0.3 is 24.0 Å². The normalized spacial score (nSPS) is 25.4. The van der Waals surface area contributed by atoms with Crippen LogP contribution in [0.5, 0.6) is 5.75 Å². The molecule has 4 atom stereocenters. The minimum absolute atomic E-state index is 0.0792. The molecule has 0 radical (unpaired) electrons. The van der Waals surface area contributed by atoms with Crippen molar-refractivity contribution in [1.82, 2.24) is 9.62 Å². The number of nitrogens with one attached hydrogen (secondary N) is 1. The number of carbonyl (C=O) groups is 1. The molecule has 2 aromatic carbocycles. The number of aryl methyl sites for hydroxylation is 1. The van der Waals surface area contributed by atoms with Crippen molar-refractivity contribution in [2.24, 2.45) is 5.92 Å². The Labute approximate surface area is 296 Å². The van der Waals surface area contributed by atoms with Gasteiger partial charge >= 0.3 is 0 Å². The largest absolute Gasteiger partial charge is 0.491 e. The molecule has 8 nitrogen and oxygen atoms in total. The van der Waals surface area contributed by atoms with E-state index in [1.165, 1.54) is 17.5 Å². The molecule has 1 fully saturated rings. The quantitative estimate of drug-likeness (QED) is 0.289. The second-order valence-electron chi connectivity index (χ2n) is 13.1.